The molecule has 1 aliphatic rings. The lowest BCUT2D eigenvalue weighted by Crippen LogP contribution is -2.53. The number of fused-ring (bicyclic) bond motifs is 2. The minimum Gasteiger partial charge on any atom is -0.480 e. The number of morpholine rings is 1. The Morgan fingerprint density at radius 1 is 1.00 bits per heavy atom. The SMILES string of the molecule is O=C(N[C@@H](Cc1cccc2c(-c3cccc4ccncc34)nccc12)C(=O)O)c1c(F)cc(N2CCOC[C@@H]2C(F)(F)F)cc1F. The van der Waals surface area contributed by atoms with E-state index in [4.69, 9.17) is 4.74 Å². The van der Waals surface area contributed by atoms with E-state index in [1.54, 1.807) is 36.8 Å². The van der Waals surface area contributed by atoms with Crippen molar-refractivity contribution in [2.24, 2.45) is 0 Å². The van der Waals surface area contributed by atoms with Crippen molar-refractivity contribution in [1.82, 2.24) is 15.3 Å². The first-order chi connectivity index (χ1) is 22.0. The fourth-order valence-electron chi connectivity index (χ4n) is 5.76. The lowest BCUT2D eigenvalue weighted by Gasteiger charge is -2.38. The Kier molecular flexibility index (Phi) is 8.26. The number of alkyl halides is 3. The van der Waals surface area contributed by atoms with Gasteiger partial charge in [0, 0.05) is 53.6 Å². The average molecular weight is 637 g/mol. The van der Waals surface area contributed by atoms with Gasteiger partial charge in [0.1, 0.15) is 29.3 Å². The molecule has 0 bridgehead atoms. The smallest absolute Gasteiger partial charge is 0.411 e. The van der Waals surface area contributed by atoms with Crippen LogP contribution in [0.15, 0.2) is 79.3 Å². The van der Waals surface area contributed by atoms with Gasteiger partial charge in [-0.3, -0.25) is 14.8 Å². The Hall–Kier alpha value is -5.17. The predicted octanol–water partition coefficient (Wildman–Crippen LogP) is 5.92. The van der Waals surface area contributed by atoms with Crippen LogP contribution >= 0.6 is 0 Å². The molecule has 13 heteroatoms. The summed E-state index contributed by atoms with van der Waals surface area (Å²) in [6.45, 7) is -1.10. The molecule has 0 unspecified atom stereocenters. The maximum atomic E-state index is 15.1. The fourth-order valence-corrected chi connectivity index (χ4v) is 5.76. The lowest BCUT2D eigenvalue weighted by molar-refractivity contribution is -0.167. The number of pyridine rings is 2. The van der Waals surface area contributed by atoms with Crippen LogP contribution in [-0.4, -0.2) is 65.0 Å². The Morgan fingerprint density at radius 3 is 2.50 bits per heavy atom. The highest BCUT2D eigenvalue weighted by atomic mass is 19.4. The number of aliphatic carboxylic acids is 1. The van der Waals surface area contributed by atoms with Gasteiger partial charge in [-0.25, -0.2) is 13.6 Å². The third-order valence-corrected chi connectivity index (χ3v) is 7.95. The van der Waals surface area contributed by atoms with Crippen molar-refractivity contribution >= 4 is 39.1 Å². The monoisotopic (exact) mass is 636 g/mol. The summed E-state index contributed by atoms with van der Waals surface area (Å²) in [6.07, 6.45) is 0.00472. The highest BCUT2D eigenvalue weighted by Gasteiger charge is 2.46. The molecule has 1 fully saturated rings. The quantitative estimate of drug-likeness (QED) is 0.214. The number of hydrogen-bond donors (Lipinski definition) is 2. The number of anilines is 1. The average Bonchev–Trinajstić information content (AvgIpc) is 3.03. The van der Waals surface area contributed by atoms with Crippen molar-refractivity contribution in [3.8, 4) is 11.3 Å². The zero-order chi connectivity index (χ0) is 32.6. The van der Waals surface area contributed by atoms with Crippen LogP contribution in [-0.2, 0) is 16.0 Å². The highest BCUT2D eigenvalue weighted by molar-refractivity contribution is 6.04. The molecule has 2 atom stereocenters. The minimum absolute atomic E-state index is 0.0940. The molecule has 1 aliphatic heterocycles. The van der Waals surface area contributed by atoms with Crippen molar-refractivity contribution < 1.29 is 41.4 Å². The van der Waals surface area contributed by atoms with E-state index in [0.717, 1.165) is 21.2 Å². The van der Waals surface area contributed by atoms with Crippen LogP contribution in [0.25, 0.3) is 32.8 Å². The molecule has 1 saturated heterocycles. The van der Waals surface area contributed by atoms with Gasteiger partial charge in [0.05, 0.1) is 18.9 Å². The number of hydrogen-bond acceptors (Lipinski definition) is 6. The standard InChI is InChI=1S/C33H25F5N4O4/c34-25-14-20(42-11-12-46-17-28(42)33(36,37)38)15-26(35)29(25)31(43)41-27(32(44)45)13-19-4-2-5-22-21(19)8-10-40-30(22)23-6-1-3-18-7-9-39-16-24(18)23/h1-10,14-16,27-28H,11-13,17H2,(H,41,43)(H,44,45)/t27-,28+/m0/s1. The number of carbonyl (C=O) groups is 2. The number of ether oxygens (including phenoxy) is 1. The van der Waals surface area contributed by atoms with E-state index in [9.17, 15) is 27.9 Å². The second kappa shape index (κ2) is 12.3. The number of nitrogens with zero attached hydrogens (tertiary/aromatic N) is 3. The molecule has 1 amide bonds. The molecule has 0 spiro atoms. The summed E-state index contributed by atoms with van der Waals surface area (Å²) in [6, 6.07) is 12.0. The summed E-state index contributed by atoms with van der Waals surface area (Å²) in [5, 5.41) is 15.3. The zero-order valence-corrected chi connectivity index (χ0v) is 23.9. The predicted molar refractivity (Wildman–Crippen MR) is 159 cm³/mol. The second-order valence-corrected chi connectivity index (χ2v) is 10.8. The molecule has 46 heavy (non-hydrogen) atoms. The molecule has 8 nitrogen and oxygen atoms in total. The number of nitrogens with one attached hydrogen (secondary N) is 1. The number of aromatic nitrogens is 2. The normalized spacial score (nSPS) is 16.0. The number of carboxylic acids is 1. The first-order valence-corrected chi connectivity index (χ1v) is 14.2. The van der Waals surface area contributed by atoms with Crippen LogP contribution in [0.4, 0.5) is 27.6 Å². The topological polar surface area (TPSA) is 105 Å². The summed E-state index contributed by atoms with van der Waals surface area (Å²) in [4.78, 5) is 34.9. The number of carboxylic acid groups (broad SMARTS) is 1. The van der Waals surface area contributed by atoms with Crippen LogP contribution < -0.4 is 10.2 Å². The number of carbonyl (C=O) groups excluding carboxylic acids is 1. The van der Waals surface area contributed by atoms with Crippen molar-refractivity contribution in [2.75, 3.05) is 24.7 Å². The first kappa shape index (κ1) is 30.8. The van der Waals surface area contributed by atoms with Gasteiger partial charge in [0.25, 0.3) is 5.91 Å². The first-order valence-electron chi connectivity index (χ1n) is 14.2. The molecule has 2 aromatic heterocycles. The fraction of sp³-hybridized carbons (Fsp3) is 0.212. The van der Waals surface area contributed by atoms with E-state index in [-0.39, 0.29) is 19.6 Å². The summed E-state index contributed by atoms with van der Waals surface area (Å²) < 4.78 is 75.7. The maximum absolute atomic E-state index is 15.1. The summed E-state index contributed by atoms with van der Waals surface area (Å²) in [7, 11) is 0. The van der Waals surface area contributed by atoms with Gasteiger partial charge in [-0.05, 0) is 40.6 Å². The zero-order valence-electron chi connectivity index (χ0n) is 23.9. The molecule has 5 aromatic rings. The van der Waals surface area contributed by atoms with Crippen LogP contribution in [0, 0.1) is 11.6 Å². The maximum Gasteiger partial charge on any atom is 0.411 e. The van der Waals surface area contributed by atoms with Crippen molar-refractivity contribution in [3.05, 3.63) is 102 Å². The molecule has 3 heterocycles. The van der Waals surface area contributed by atoms with Gasteiger partial charge in [-0.1, -0.05) is 36.4 Å². The summed E-state index contributed by atoms with van der Waals surface area (Å²) >= 11 is 0. The Balaban J connectivity index is 1.29. The highest BCUT2D eigenvalue weighted by Crippen LogP contribution is 2.34. The molecule has 3 aromatic carbocycles. The largest absolute Gasteiger partial charge is 0.480 e. The van der Waals surface area contributed by atoms with Crippen LogP contribution in [0.2, 0.25) is 0 Å². The number of rotatable bonds is 7. The molecule has 2 N–H and O–H groups in total. The van der Waals surface area contributed by atoms with E-state index >= 15 is 8.78 Å². The molecule has 236 valence electrons. The molecular weight excluding hydrogens is 611 g/mol. The Morgan fingerprint density at radius 2 is 1.76 bits per heavy atom. The van der Waals surface area contributed by atoms with Gasteiger partial charge in [0.15, 0.2) is 0 Å². The Bertz CT molecular complexity index is 1940. The molecule has 0 aliphatic carbocycles. The lowest BCUT2D eigenvalue weighted by atomic mass is 9.95. The van der Waals surface area contributed by atoms with E-state index in [1.165, 1.54) is 0 Å². The van der Waals surface area contributed by atoms with Crippen molar-refractivity contribution in [3.63, 3.8) is 0 Å². The van der Waals surface area contributed by atoms with Gasteiger partial charge in [-0.2, -0.15) is 13.2 Å². The molecule has 0 radical (unpaired) electrons. The number of amides is 1. The van der Waals surface area contributed by atoms with Gasteiger partial charge in [-0.15, -0.1) is 0 Å². The second-order valence-electron chi connectivity index (χ2n) is 10.8. The van der Waals surface area contributed by atoms with E-state index in [0.29, 0.717) is 34.2 Å². The van der Waals surface area contributed by atoms with E-state index in [1.807, 2.05) is 30.3 Å². The Labute approximate surface area is 258 Å². The van der Waals surface area contributed by atoms with Gasteiger partial charge >= 0.3 is 12.1 Å². The van der Waals surface area contributed by atoms with E-state index < -0.39 is 59.6 Å². The molecule has 6 rings (SSSR count). The van der Waals surface area contributed by atoms with Crippen LogP contribution in [0.5, 0.6) is 0 Å². The number of benzene rings is 3. The summed E-state index contributed by atoms with van der Waals surface area (Å²) in [5.41, 5.74) is 0.430. The van der Waals surface area contributed by atoms with Gasteiger partial charge < -0.3 is 20.1 Å². The number of halogens is 5. The van der Waals surface area contributed by atoms with Crippen LogP contribution in [0.1, 0.15) is 15.9 Å². The van der Waals surface area contributed by atoms with Crippen LogP contribution in [0.3, 0.4) is 0 Å². The third-order valence-electron chi connectivity index (χ3n) is 7.95. The molecular formula is C33H25F5N4O4. The summed E-state index contributed by atoms with van der Waals surface area (Å²) in [5.74, 6) is -5.70. The molecule has 0 saturated carbocycles. The van der Waals surface area contributed by atoms with E-state index in [2.05, 4.69) is 15.3 Å². The third kappa shape index (κ3) is 5.93. The van der Waals surface area contributed by atoms with Crippen molar-refractivity contribution in [1.29, 1.82) is 0 Å². The van der Waals surface area contributed by atoms with Gasteiger partial charge in [0.2, 0.25) is 0 Å². The van der Waals surface area contributed by atoms with Crippen molar-refractivity contribution in [2.45, 2.75) is 24.7 Å². The minimum atomic E-state index is -4.73.